The highest BCUT2D eigenvalue weighted by molar-refractivity contribution is 5.87. The number of fused-ring (bicyclic) bond motifs is 1. The molecule has 0 saturated heterocycles. The Morgan fingerprint density at radius 1 is 1.08 bits per heavy atom. The Hall–Kier alpha value is -3.87. The van der Waals surface area contributed by atoms with Crippen LogP contribution in [-0.4, -0.2) is 49.2 Å². The third-order valence-electron chi connectivity index (χ3n) is 7.08. The van der Waals surface area contributed by atoms with Crippen molar-refractivity contribution in [3.8, 4) is 22.9 Å². The summed E-state index contributed by atoms with van der Waals surface area (Å²) in [7, 11) is 3.26. The first kappa shape index (κ1) is 24.8. The molecule has 1 atom stereocenters. The van der Waals surface area contributed by atoms with Crippen molar-refractivity contribution >= 4 is 17.8 Å². The van der Waals surface area contributed by atoms with Gasteiger partial charge in [-0.05, 0) is 56.2 Å². The summed E-state index contributed by atoms with van der Waals surface area (Å²) in [5.74, 6) is 3.34. The van der Waals surface area contributed by atoms with Crippen molar-refractivity contribution in [1.82, 2.24) is 15.3 Å². The second-order valence-electron chi connectivity index (χ2n) is 9.63. The number of anilines is 1. The van der Waals surface area contributed by atoms with E-state index in [9.17, 15) is 4.79 Å². The molecule has 0 bridgehead atoms. The number of nitrogens with zero attached hydrogens (tertiary/aromatic N) is 3. The molecular weight excluding hydrogens is 464 g/mol. The summed E-state index contributed by atoms with van der Waals surface area (Å²) in [6.45, 7) is 3.32. The maximum atomic E-state index is 13.6. The van der Waals surface area contributed by atoms with Crippen molar-refractivity contribution in [3.05, 3.63) is 71.4 Å². The molecule has 192 valence electrons. The predicted molar refractivity (Wildman–Crippen MR) is 146 cm³/mol. The van der Waals surface area contributed by atoms with Crippen molar-refractivity contribution in [2.75, 3.05) is 32.2 Å². The SMILES string of the molecule is COc1ccc(CCNC(=O)C(C2CC2)N2CCC=Cc3c(C)nc(-c4ccccc4)nc32)cc1OC. The topological polar surface area (TPSA) is 76.6 Å². The van der Waals surface area contributed by atoms with Crippen LogP contribution in [-0.2, 0) is 11.2 Å². The number of hydrogen-bond donors (Lipinski definition) is 1. The largest absolute Gasteiger partial charge is 0.493 e. The molecule has 2 heterocycles. The molecule has 1 N–H and O–H groups in total. The molecule has 7 nitrogen and oxygen atoms in total. The number of carbonyl (C=O) groups is 1. The van der Waals surface area contributed by atoms with Gasteiger partial charge < -0.3 is 19.7 Å². The number of benzene rings is 2. The highest BCUT2D eigenvalue weighted by atomic mass is 16.5. The summed E-state index contributed by atoms with van der Waals surface area (Å²) >= 11 is 0. The van der Waals surface area contributed by atoms with Gasteiger partial charge in [-0.3, -0.25) is 4.79 Å². The minimum Gasteiger partial charge on any atom is -0.493 e. The zero-order valence-corrected chi connectivity index (χ0v) is 21.7. The second-order valence-corrected chi connectivity index (χ2v) is 9.63. The highest BCUT2D eigenvalue weighted by Crippen LogP contribution is 2.39. The zero-order chi connectivity index (χ0) is 25.8. The summed E-state index contributed by atoms with van der Waals surface area (Å²) in [5.41, 5.74) is 3.99. The first-order valence-corrected chi connectivity index (χ1v) is 12.9. The van der Waals surface area contributed by atoms with Crippen LogP contribution in [0.25, 0.3) is 17.5 Å². The molecule has 1 aliphatic carbocycles. The summed E-state index contributed by atoms with van der Waals surface area (Å²) < 4.78 is 10.8. The van der Waals surface area contributed by atoms with Gasteiger partial charge in [0.25, 0.3) is 0 Å². The first-order valence-electron chi connectivity index (χ1n) is 12.9. The number of rotatable bonds is 9. The fourth-order valence-corrected chi connectivity index (χ4v) is 4.98. The first-order chi connectivity index (χ1) is 18.1. The molecule has 7 heteroatoms. The van der Waals surface area contributed by atoms with E-state index in [-0.39, 0.29) is 11.9 Å². The van der Waals surface area contributed by atoms with Crippen molar-refractivity contribution in [3.63, 3.8) is 0 Å². The van der Waals surface area contributed by atoms with E-state index in [0.29, 0.717) is 36.2 Å². The van der Waals surface area contributed by atoms with Crippen LogP contribution in [0.3, 0.4) is 0 Å². The molecule has 1 amide bonds. The van der Waals surface area contributed by atoms with E-state index in [0.717, 1.165) is 54.0 Å². The van der Waals surface area contributed by atoms with Gasteiger partial charge in [0.05, 0.1) is 19.9 Å². The van der Waals surface area contributed by atoms with Gasteiger partial charge in [0.1, 0.15) is 11.9 Å². The maximum Gasteiger partial charge on any atom is 0.243 e. The van der Waals surface area contributed by atoms with Gasteiger partial charge in [0, 0.05) is 24.2 Å². The number of nitrogens with one attached hydrogen (secondary N) is 1. The average Bonchev–Trinajstić information content (AvgIpc) is 3.78. The number of methoxy groups -OCH3 is 2. The molecule has 1 aromatic heterocycles. The molecule has 1 unspecified atom stereocenters. The number of aryl methyl sites for hydroxylation is 1. The Bertz CT molecular complexity index is 1290. The van der Waals surface area contributed by atoms with Crippen LogP contribution >= 0.6 is 0 Å². The Morgan fingerprint density at radius 3 is 2.59 bits per heavy atom. The smallest absolute Gasteiger partial charge is 0.243 e. The number of hydrogen-bond acceptors (Lipinski definition) is 6. The van der Waals surface area contributed by atoms with E-state index in [1.165, 1.54) is 0 Å². The lowest BCUT2D eigenvalue weighted by molar-refractivity contribution is -0.122. The second kappa shape index (κ2) is 11.0. The summed E-state index contributed by atoms with van der Waals surface area (Å²) in [6, 6.07) is 15.7. The van der Waals surface area contributed by atoms with Gasteiger partial charge in [-0.2, -0.15) is 0 Å². The van der Waals surface area contributed by atoms with E-state index in [1.807, 2.05) is 55.5 Å². The monoisotopic (exact) mass is 498 g/mol. The van der Waals surface area contributed by atoms with Crippen molar-refractivity contribution in [2.45, 2.75) is 38.6 Å². The van der Waals surface area contributed by atoms with Gasteiger partial charge in [-0.1, -0.05) is 48.6 Å². The standard InChI is InChI=1S/C30H34N4O3/c1-20-24-11-7-8-18-34(29(24)33-28(32-20)23-9-5-4-6-10-23)27(22-13-14-22)30(35)31-17-16-21-12-15-25(36-2)26(19-21)37-3/h4-7,9-12,15,19,22,27H,8,13-14,16-18H2,1-3H3,(H,31,35). The van der Waals surface area contributed by atoms with Crippen molar-refractivity contribution in [1.29, 1.82) is 0 Å². The van der Waals surface area contributed by atoms with E-state index in [4.69, 9.17) is 19.4 Å². The molecule has 1 aliphatic heterocycles. The third kappa shape index (κ3) is 5.45. The molecule has 3 aromatic rings. The summed E-state index contributed by atoms with van der Waals surface area (Å²) in [5, 5.41) is 3.21. The Kier molecular flexibility index (Phi) is 7.40. The molecule has 5 rings (SSSR count). The molecule has 0 radical (unpaired) electrons. The van der Waals surface area contributed by atoms with Crippen molar-refractivity contribution < 1.29 is 14.3 Å². The lowest BCUT2D eigenvalue weighted by Gasteiger charge is -2.32. The zero-order valence-electron chi connectivity index (χ0n) is 21.7. The lowest BCUT2D eigenvalue weighted by Crippen LogP contribution is -2.50. The van der Waals surface area contributed by atoms with Crippen LogP contribution in [0.15, 0.2) is 54.6 Å². The Labute approximate surface area is 218 Å². The number of ether oxygens (including phenoxy) is 2. The van der Waals surface area contributed by atoms with Crippen LogP contribution in [0, 0.1) is 12.8 Å². The summed E-state index contributed by atoms with van der Waals surface area (Å²) in [6.07, 6.45) is 7.96. The third-order valence-corrected chi connectivity index (χ3v) is 7.08. The molecule has 37 heavy (non-hydrogen) atoms. The van der Waals surface area contributed by atoms with Crippen LogP contribution in [0.4, 0.5) is 5.82 Å². The van der Waals surface area contributed by atoms with Crippen LogP contribution in [0.2, 0.25) is 0 Å². The summed E-state index contributed by atoms with van der Waals surface area (Å²) in [4.78, 5) is 25.7. The highest BCUT2D eigenvalue weighted by Gasteiger charge is 2.41. The van der Waals surface area contributed by atoms with Crippen LogP contribution in [0.5, 0.6) is 11.5 Å². The van der Waals surface area contributed by atoms with Crippen molar-refractivity contribution in [2.24, 2.45) is 5.92 Å². The quantitative estimate of drug-likeness (QED) is 0.455. The normalized spacial score (nSPS) is 15.5. The van der Waals surface area contributed by atoms with E-state index >= 15 is 0 Å². The average molecular weight is 499 g/mol. The number of carbonyl (C=O) groups excluding carboxylic acids is 1. The maximum absolute atomic E-state index is 13.6. The van der Waals surface area contributed by atoms with Crippen LogP contribution in [0.1, 0.15) is 36.1 Å². The number of amides is 1. The van der Waals surface area contributed by atoms with Crippen LogP contribution < -0.4 is 19.7 Å². The fraction of sp³-hybridized carbons (Fsp3) is 0.367. The Balaban J connectivity index is 1.37. The van der Waals surface area contributed by atoms with E-state index in [1.54, 1.807) is 14.2 Å². The molecular formula is C30H34N4O3. The Morgan fingerprint density at radius 2 is 1.86 bits per heavy atom. The predicted octanol–water partition coefficient (Wildman–Crippen LogP) is 4.83. The minimum absolute atomic E-state index is 0.0633. The van der Waals surface area contributed by atoms with Gasteiger partial charge >= 0.3 is 0 Å². The van der Waals surface area contributed by atoms with Gasteiger partial charge in [-0.15, -0.1) is 0 Å². The number of aromatic nitrogens is 2. The van der Waals surface area contributed by atoms with E-state index in [2.05, 4.69) is 22.4 Å². The van der Waals surface area contributed by atoms with Gasteiger partial charge in [0.15, 0.2) is 17.3 Å². The molecule has 1 saturated carbocycles. The molecule has 1 fully saturated rings. The fourth-order valence-electron chi connectivity index (χ4n) is 4.98. The molecule has 2 aliphatic rings. The van der Waals surface area contributed by atoms with Gasteiger partial charge in [-0.25, -0.2) is 9.97 Å². The minimum atomic E-state index is -0.248. The molecule has 0 spiro atoms. The van der Waals surface area contributed by atoms with Gasteiger partial charge in [0.2, 0.25) is 5.91 Å². The lowest BCUT2D eigenvalue weighted by atomic mass is 10.1. The molecule has 2 aromatic carbocycles. The van der Waals surface area contributed by atoms with E-state index < -0.39 is 0 Å².